The average Bonchev–Trinajstić information content (AvgIpc) is 2.50. The summed E-state index contributed by atoms with van der Waals surface area (Å²) in [5.74, 6) is -1.91. The Bertz CT molecular complexity index is 744. The zero-order chi connectivity index (χ0) is 17.7. The van der Waals surface area contributed by atoms with E-state index in [0.29, 0.717) is 12.7 Å². The molecule has 1 unspecified atom stereocenters. The van der Waals surface area contributed by atoms with E-state index in [1.54, 1.807) is 6.92 Å². The number of nitrogens with zero attached hydrogens (tertiary/aromatic N) is 3. The Morgan fingerprint density at radius 3 is 2.67 bits per heavy atom. The van der Waals surface area contributed by atoms with Crippen LogP contribution in [0.3, 0.4) is 0 Å². The lowest BCUT2D eigenvalue weighted by atomic mass is 10.3. The Morgan fingerprint density at radius 1 is 1.33 bits per heavy atom. The Hall–Kier alpha value is -2.88. The van der Waals surface area contributed by atoms with Crippen molar-refractivity contribution in [1.82, 2.24) is 9.97 Å². The summed E-state index contributed by atoms with van der Waals surface area (Å²) in [6, 6.07) is 2.56. The van der Waals surface area contributed by atoms with Gasteiger partial charge in [-0.25, -0.2) is 18.7 Å². The topological polar surface area (TPSA) is 102 Å². The Morgan fingerprint density at radius 2 is 2.04 bits per heavy atom. The molecule has 0 saturated carbocycles. The van der Waals surface area contributed by atoms with Gasteiger partial charge >= 0.3 is 5.69 Å². The number of hydrogen-bond acceptors (Lipinski definition) is 7. The highest BCUT2D eigenvalue weighted by Crippen LogP contribution is 2.32. The first-order chi connectivity index (χ1) is 11.4. The van der Waals surface area contributed by atoms with Crippen LogP contribution in [0.1, 0.15) is 6.92 Å². The van der Waals surface area contributed by atoms with Crippen LogP contribution in [0.15, 0.2) is 24.5 Å². The van der Waals surface area contributed by atoms with Gasteiger partial charge in [-0.15, -0.1) is 0 Å². The van der Waals surface area contributed by atoms with E-state index in [-0.39, 0.29) is 23.4 Å². The molecule has 1 heterocycles. The molecule has 1 aromatic carbocycles. The first-order valence-electron chi connectivity index (χ1n) is 6.89. The second-order valence-electron chi connectivity index (χ2n) is 4.93. The van der Waals surface area contributed by atoms with Gasteiger partial charge in [-0.2, -0.15) is 0 Å². The lowest BCUT2D eigenvalue weighted by Gasteiger charge is -2.14. The number of ether oxygens (including phenoxy) is 1. The monoisotopic (exact) mass is 339 g/mol. The smallest absolute Gasteiger partial charge is 0.353 e. The number of nitro groups is 1. The summed E-state index contributed by atoms with van der Waals surface area (Å²) in [6.45, 7) is 2.05. The third-order valence-electron chi connectivity index (χ3n) is 2.99. The Balaban J connectivity index is 2.37. The van der Waals surface area contributed by atoms with Gasteiger partial charge in [0.15, 0.2) is 0 Å². The maximum Gasteiger partial charge on any atom is 0.353 e. The van der Waals surface area contributed by atoms with Crippen LogP contribution in [0.2, 0.25) is 0 Å². The van der Waals surface area contributed by atoms with Crippen molar-refractivity contribution in [1.29, 1.82) is 0 Å². The first kappa shape index (κ1) is 17.5. The Kier molecular flexibility index (Phi) is 5.53. The largest absolute Gasteiger partial charge is 0.383 e. The summed E-state index contributed by atoms with van der Waals surface area (Å²) in [4.78, 5) is 18.3. The van der Waals surface area contributed by atoms with E-state index >= 15 is 0 Å². The highest BCUT2D eigenvalue weighted by Gasteiger charge is 2.24. The lowest BCUT2D eigenvalue weighted by molar-refractivity contribution is -0.383. The molecule has 0 fully saturated rings. The minimum Gasteiger partial charge on any atom is -0.383 e. The molecule has 128 valence electrons. The van der Waals surface area contributed by atoms with Crippen molar-refractivity contribution in [3.05, 3.63) is 46.3 Å². The average molecular weight is 339 g/mol. The number of nitrogens with one attached hydrogen (secondary N) is 2. The molecule has 8 nitrogen and oxygen atoms in total. The molecule has 1 atom stereocenters. The fraction of sp³-hybridized carbons (Fsp3) is 0.286. The SMILES string of the molecule is COCC(C)Nc1ncnc(Nc2ccc(F)cc2F)c1[N+](=O)[O-]. The minimum atomic E-state index is -0.898. The zero-order valence-corrected chi connectivity index (χ0v) is 12.9. The van der Waals surface area contributed by atoms with Gasteiger partial charge in [-0.05, 0) is 19.1 Å². The molecule has 0 spiro atoms. The quantitative estimate of drug-likeness (QED) is 0.590. The second-order valence-corrected chi connectivity index (χ2v) is 4.93. The van der Waals surface area contributed by atoms with Crippen molar-refractivity contribution in [2.75, 3.05) is 24.4 Å². The van der Waals surface area contributed by atoms with E-state index in [2.05, 4.69) is 20.6 Å². The van der Waals surface area contributed by atoms with Crippen molar-refractivity contribution in [2.24, 2.45) is 0 Å². The van der Waals surface area contributed by atoms with Crippen LogP contribution in [0, 0.1) is 21.7 Å². The molecular weight excluding hydrogens is 324 g/mol. The molecule has 0 radical (unpaired) electrons. The molecule has 0 amide bonds. The second kappa shape index (κ2) is 7.59. The molecule has 0 aliphatic rings. The van der Waals surface area contributed by atoms with E-state index in [0.717, 1.165) is 18.5 Å². The van der Waals surface area contributed by atoms with E-state index in [9.17, 15) is 18.9 Å². The van der Waals surface area contributed by atoms with Crippen molar-refractivity contribution >= 4 is 23.0 Å². The third kappa shape index (κ3) is 4.10. The molecular formula is C14H15F2N5O3. The summed E-state index contributed by atoms with van der Waals surface area (Å²) >= 11 is 0. The number of methoxy groups -OCH3 is 1. The normalized spacial score (nSPS) is 11.8. The number of halogens is 2. The molecule has 0 aliphatic heterocycles. The fourth-order valence-corrected chi connectivity index (χ4v) is 1.99. The van der Waals surface area contributed by atoms with Gasteiger partial charge in [-0.3, -0.25) is 10.1 Å². The maximum absolute atomic E-state index is 13.7. The number of rotatable bonds is 7. The van der Waals surface area contributed by atoms with E-state index in [1.165, 1.54) is 7.11 Å². The van der Waals surface area contributed by atoms with Crippen molar-refractivity contribution in [3.63, 3.8) is 0 Å². The van der Waals surface area contributed by atoms with Gasteiger partial charge in [-0.1, -0.05) is 0 Å². The van der Waals surface area contributed by atoms with Gasteiger partial charge in [0, 0.05) is 19.2 Å². The molecule has 2 N–H and O–H groups in total. The maximum atomic E-state index is 13.7. The van der Waals surface area contributed by atoms with Crippen LogP contribution in [-0.2, 0) is 4.74 Å². The van der Waals surface area contributed by atoms with E-state index < -0.39 is 22.2 Å². The zero-order valence-electron chi connectivity index (χ0n) is 12.9. The van der Waals surface area contributed by atoms with Gasteiger partial charge in [0.05, 0.1) is 17.2 Å². The number of aromatic nitrogens is 2. The molecule has 10 heteroatoms. The predicted molar refractivity (Wildman–Crippen MR) is 83.3 cm³/mol. The van der Waals surface area contributed by atoms with Gasteiger partial charge in [0.1, 0.15) is 18.0 Å². The predicted octanol–water partition coefficient (Wildman–Crippen LogP) is 2.85. The molecule has 0 bridgehead atoms. The highest BCUT2D eigenvalue weighted by atomic mass is 19.1. The standard InChI is InChI=1S/C14H15F2N5O3/c1-8(6-24-2)19-13-12(21(22)23)14(18-7-17-13)20-11-4-3-9(15)5-10(11)16/h3-5,7-8H,6H2,1-2H3,(H2,17,18,19,20). The summed E-state index contributed by atoms with van der Waals surface area (Å²) < 4.78 is 31.6. The minimum absolute atomic E-state index is 0.0374. The van der Waals surface area contributed by atoms with Crippen molar-refractivity contribution < 1.29 is 18.4 Å². The molecule has 1 aromatic heterocycles. The Labute approximate surface area is 136 Å². The van der Waals surface area contributed by atoms with E-state index in [4.69, 9.17) is 4.74 Å². The fourth-order valence-electron chi connectivity index (χ4n) is 1.99. The van der Waals surface area contributed by atoms with Crippen LogP contribution in [0.25, 0.3) is 0 Å². The number of benzene rings is 1. The van der Waals surface area contributed by atoms with Crippen LogP contribution in [0.5, 0.6) is 0 Å². The van der Waals surface area contributed by atoms with Crippen LogP contribution in [0.4, 0.5) is 31.8 Å². The van der Waals surface area contributed by atoms with Crippen LogP contribution in [-0.4, -0.2) is 34.6 Å². The van der Waals surface area contributed by atoms with Crippen molar-refractivity contribution in [2.45, 2.75) is 13.0 Å². The third-order valence-corrected chi connectivity index (χ3v) is 2.99. The molecule has 2 aromatic rings. The van der Waals surface area contributed by atoms with Crippen LogP contribution >= 0.6 is 0 Å². The summed E-state index contributed by atoms with van der Waals surface area (Å²) in [7, 11) is 1.50. The van der Waals surface area contributed by atoms with Crippen LogP contribution < -0.4 is 10.6 Å². The first-order valence-corrected chi connectivity index (χ1v) is 6.89. The van der Waals surface area contributed by atoms with Gasteiger partial charge in [0.25, 0.3) is 0 Å². The number of anilines is 3. The molecule has 0 saturated heterocycles. The lowest BCUT2D eigenvalue weighted by Crippen LogP contribution is -2.22. The van der Waals surface area contributed by atoms with E-state index in [1.807, 2.05) is 0 Å². The summed E-state index contributed by atoms with van der Waals surface area (Å²) in [5.41, 5.74) is -0.599. The number of hydrogen-bond donors (Lipinski definition) is 2. The molecule has 24 heavy (non-hydrogen) atoms. The van der Waals surface area contributed by atoms with Crippen molar-refractivity contribution in [3.8, 4) is 0 Å². The molecule has 2 rings (SSSR count). The van der Waals surface area contributed by atoms with Gasteiger partial charge < -0.3 is 15.4 Å². The summed E-state index contributed by atoms with van der Waals surface area (Å²) in [5, 5.41) is 16.7. The summed E-state index contributed by atoms with van der Waals surface area (Å²) in [6.07, 6.45) is 1.10. The van der Waals surface area contributed by atoms with Gasteiger partial charge in [0.2, 0.25) is 11.6 Å². The highest BCUT2D eigenvalue weighted by molar-refractivity contribution is 5.74. The molecule has 0 aliphatic carbocycles.